The number of rotatable bonds is 3. The SMILES string of the molecule is Fc1ccc(C(Br)Cc2cccc(Br)c2)c(Br)c1. The van der Waals surface area contributed by atoms with E-state index in [9.17, 15) is 4.39 Å². The van der Waals surface area contributed by atoms with E-state index < -0.39 is 0 Å². The fourth-order valence-electron chi connectivity index (χ4n) is 1.74. The molecule has 0 aliphatic heterocycles. The minimum absolute atomic E-state index is 0.154. The number of hydrogen-bond acceptors (Lipinski definition) is 0. The maximum atomic E-state index is 13.0. The Morgan fingerprint density at radius 1 is 1.06 bits per heavy atom. The van der Waals surface area contributed by atoms with E-state index in [-0.39, 0.29) is 10.6 Å². The van der Waals surface area contributed by atoms with Crippen LogP contribution in [0.4, 0.5) is 4.39 Å². The van der Waals surface area contributed by atoms with Crippen LogP contribution in [0, 0.1) is 5.82 Å². The van der Waals surface area contributed by atoms with Gasteiger partial charge in [0.15, 0.2) is 0 Å². The highest BCUT2D eigenvalue weighted by molar-refractivity contribution is 9.11. The van der Waals surface area contributed by atoms with E-state index in [4.69, 9.17) is 0 Å². The third-order valence-electron chi connectivity index (χ3n) is 2.60. The molecule has 0 nitrogen and oxygen atoms in total. The molecular weight excluding hydrogens is 427 g/mol. The zero-order valence-corrected chi connectivity index (χ0v) is 14.1. The van der Waals surface area contributed by atoms with Crippen LogP contribution in [0.15, 0.2) is 51.4 Å². The lowest BCUT2D eigenvalue weighted by molar-refractivity contribution is 0.626. The molecule has 2 aromatic rings. The lowest BCUT2D eigenvalue weighted by Gasteiger charge is -2.12. The van der Waals surface area contributed by atoms with E-state index in [0.29, 0.717) is 0 Å². The van der Waals surface area contributed by atoms with Crippen LogP contribution in [0.3, 0.4) is 0 Å². The molecule has 0 bridgehead atoms. The Labute approximate surface area is 131 Å². The second kappa shape index (κ2) is 6.31. The predicted molar refractivity (Wildman–Crippen MR) is 83.6 cm³/mol. The van der Waals surface area contributed by atoms with E-state index in [1.807, 2.05) is 12.1 Å². The molecule has 18 heavy (non-hydrogen) atoms. The second-order valence-corrected chi connectivity index (χ2v) is 6.84. The molecule has 2 aromatic carbocycles. The van der Waals surface area contributed by atoms with Gasteiger partial charge in [-0.25, -0.2) is 4.39 Å². The van der Waals surface area contributed by atoms with Crippen LogP contribution in [0.1, 0.15) is 16.0 Å². The van der Waals surface area contributed by atoms with Crippen molar-refractivity contribution in [2.75, 3.05) is 0 Å². The van der Waals surface area contributed by atoms with Gasteiger partial charge in [-0.3, -0.25) is 0 Å². The van der Waals surface area contributed by atoms with E-state index in [0.717, 1.165) is 20.9 Å². The van der Waals surface area contributed by atoms with E-state index in [2.05, 4.69) is 59.9 Å². The van der Waals surface area contributed by atoms with Gasteiger partial charge in [0, 0.05) is 13.8 Å². The standard InChI is InChI=1S/C14H10Br3F/c15-10-3-1-2-9(6-10)7-13(16)12-5-4-11(18)8-14(12)17/h1-6,8,13H,7H2. The Kier molecular flexibility index (Phi) is 4.98. The summed E-state index contributed by atoms with van der Waals surface area (Å²) in [7, 11) is 0. The lowest BCUT2D eigenvalue weighted by Crippen LogP contribution is -1.97. The summed E-state index contributed by atoms with van der Waals surface area (Å²) in [5.74, 6) is -0.229. The molecule has 0 saturated heterocycles. The molecule has 2 rings (SSSR count). The predicted octanol–water partition coefficient (Wildman–Crippen LogP) is 6.03. The van der Waals surface area contributed by atoms with Gasteiger partial charge in [-0.05, 0) is 41.8 Å². The first-order chi connectivity index (χ1) is 8.56. The van der Waals surface area contributed by atoms with Crippen molar-refractivity contribution in [2.24, 2.45) is 0 Å². The van der Waals surface area contributed by atoms with Gasteiger partial charge in [0.2, 0.25) is 0 Å². The summed E-state index contributed by atoms with van der Waals surface area (Å²) in [4.78, 5) is 0.154. The maximum Gasteiger partial charge on any atom is 0.124 e. The fourth-order valence-corrected chi connectivity index (χ4v) is 3.89. The van der Waals surface area contributed by atoms with Crippen LogP contribution in [-0.4, -0.2) is 0 Å². The molecule has 0 amide bonds. The number of benzene rings is 2. The molecule has 1 atom stereocenters. The summed E-state index contributed by atoms with van der Waals surface area (Å²) < 4.78 is 14.9. The first kappa shape index (κ1) is 14.2. The van der Waals surface area contributed by atoms with Crippen LogP contribution in [0.5, 0.6) is 0 Å². The third-order valence-corrected chi connectivity index (χ3v) is 4.60. The maximum absolute atomic E-state index is 13.0. The largest absolute Gasteiger partial charge is 0.207 e. The highest BCUT2D eigenvalue weighted by Crippen LogP contribution is 2.33. The molecule has 0 spiro atoms. The van der Waals surface area contributed by atoms with Gasteiger partial charge in [0.25, 0.3) is 0 Å². The minimum atomic E-state index is -0.229. The van der Waals surface area contributed by atoms with Crippen molar-refractivity contribution < 1.29 is 4.39 Å². The molecule has 0 fully saturated rings. The molecule has 4 heteroatoms. The molecule has 1 unspecified atom stereocenters. The van der Waals surface area contributed by atoms with Gasteiger partial charge < -0.3 is 0 Å². The van der Waals surface area contributed by atoms with Crippen LogP contribution in [0.25, 0.3) is 0 Å². The van der Waals surface area contributed by atoms with Gasteiger partial charge in [0.05, 0.1) is 0 Å². The summed E-state index contributed by atoms with van der Waals surface area (Å²) >= 11 is 10.5. The van der Waals surface area contributed by atoms with Crippen LogP contribution in [0.2, 0.25) is 0 Å². The summed E-state index contributed by atoms with van der Waals surface area (Å²) in [5.41, 5.74) is 2.28. The summed E-state index contributed by atoms with van der Waals surface area (Å²) in [5, 5.41) is 0. The van der Waals surface area contributed by atoms with Gasteiger partial charge in [-0.1, -0.05) is 66.0 Å². The molecular formula is C14H10Br3F. The van der Waals surface area contributed by atoms with Crippen molar-refractivity contribution in [1.82, 2.24) is 0 Å². The molecule has 0 aliphatic carbocycles. The second-order valence-electron chi connectivity index (χ2n) is 3.97. The molecule has 0 aliphatic rings. The molecule has 0 saturated carbocycles. The number of halogens is 4. The Morgan fingerprint density at radius 2 is 1.83 bits per heavy atom. The third kappa shape index (κ3) is 3.65. The summed E-state index contributed by atoms with van der Waals surface area (Å²) in [6.45, 7) is 0. The fraction of sp³-hybridized carbons (Fsp3) is 0.143. The first-order valence-corrected chi connectivity index (χ1v) is 7.90. The zero-order chi connectivity index (χ0) is 13.1. The van der Waals surface area contributed by atoms with Gasteiger partial charge in [0.1, 0.15) is 5.82 Å². The monoisotopic (exact) mass is 434 g/mol. The van der Waals surface area contributed by atoms with Crippen LogP contribution < -0.4 is 0 Å². The average Bonchev–Trinajstić information content (AvgIpc) is 2.28. The lowest BCUT2D eigenvalue weighted by atomic mass is 10.0. The van der Waals surface area contributed by atoms with Crippen molar-refractivity contribution in [3.63, 3.8) is 0 Å². The number of alkyl halides is 1. The van der Waals surface area contributed by atoms with Gasteiger partial charge in [-0.2, -0.15) is 0 Å². The van der Waals surface area contributed by atoms with Crippen molar-refractivity contribution >= 4 is 47.8 Å². The molecule has 0 N–H and O–H groups in total. The van der Waals surface area contributed by atoms with Crippen molar-refractivity contribution in [1.29, 1.82) is 0 Å². The van der Waals surface area contributed by atoms with Crippen molar-refractivity contribution in [3.8, 4) is 0 Å². The van der Waals surface area contributed by atoms with Crippen molar-refractivity contribution in [2.45, 2.75) is 11.2 Å². The normalized spacial score (nSPS) is 12.4. The smallest absolute Gasteiger partial charge is 0.124 e. The molecule has 0 aromatic heterocycles. The van der Waals surface area contributed by atoms with E-state index in [1.165, 1.54) is 17.7 Å². The first-order valence-electron chi connectivity index (χ1n) is 5.40. The number of hydrogen-bond donors (Lipinski definition) is 0. The molecule has 94 valence electrons. The molecule has 0 radical (unpaired) electrons. The quantitative estimate of drug-likeness (QED) is 0.515. The highest BCUT2D eigenvalue weighted by atomic mass is 79.9. The van der Waals surface area contributed by atoms with E-state index >= 15 is 0 Å². The van der Waals surface area contributed by atoms with Gasteiger partial charge in [-0.15, -0.1) is 0 Å². The van der Waals surface area contributed by atoms with Crippen molar-refractivity contribution in [3.05, 3.63) is 68.4 Å². The topological polar surface area (TPSA) is 0 Å². The Bertz CT molecular complexity index is 554. The Balaban J connectivity index is 2.19. The zero-order valence-electron chi connectivity index (χ0n) is 9.34. The van der Waals surface area contributed by atoms with E-state index in [1.54, 1.807) is 6.07 Å². The Morgan fingerprint density at radius 3 is 2.50 bits per heavy atom. The van der Waals surface area contributed by atoms with Crippen LogP contribution >= 0.6 is 47.8 Å². The van der Waals surface area contributed by atoms with Gasteiger partial charge >= 0.3 is 0 Å². The van der Waals surface area contributed by atoms with Crippen LogP contribution in [-0.2, 0) is 6.42 Å². The molecule has 0 heterocycles. The summed E-state index contributed by atoms with van der Waals surface area (Å²) in [6, 6.07) is 13.0. The Hall–Kier alpha value is -0.190. The minimum Gasteiger partial charge on any atom is -0.207 e. The average molecular weight is 437 g/mol. The highest BCUT2D eigenvalue weighted by Gasteiger charge is 2.12. The summed E-state index contributed by atoms with van der Waals surface area (Å²) in [6.07, 6.45) is 0.851.